The second-order valence-electron chi connectivity index (χ2n) is 9.40. The van der Waals surface area contributed by atoms with E-state index >= 15 is 0 Å². The van der Waals surface area contributed by atoms with Gasteiger partial charge in [-0.2, -0.15) is 0 Å². The highest BCUT2D eigenvalue weighted by Gasteiger charge is 2.34. The van der Waals surface area contributed by atoms with Crippen LogP contribution in [-0.2, 0) is 22.6 Å². The normalized spacial score (nSPS) is 15.9. The first-order chi connectivity index (χ1) is 17.3. The number of fused-ring (bicyclic) bond motifs is 1. The average molecular weight is 502 g/mol. The van der Waals surface area contributed by atoms with Crippen LogP contribution < -0.4 is 16.0 Å². The molecule has 184 valence electrons. The molecule has 10 heteroatoms. The second kappa shape index (κ2) is 9.63. The molecule has 1 aliphatic rings. The van der Waals surface area contributed by atoms with Crippen LogP contribution in [0.25, 0.3) is 21.8 Å². The molecular formula is C26H27N7O2S. The summed E-state index contributed by atoms with van der Waals surface area (Å²) < 4.78 is 0. The molecule has 0 bridgehead atoms. The van der Waals surface area contributed by atoms with E-state index in [0.29, 0.717) is 25.2 Å². The first kappa shape index (κ1) is 23.8. The first-order valence-electron chi connectivity index (χ1n) is 11.7. The zero-order valence-corrected chi connectivity index (χ0v) is 20.9. The summed E-state index contributed by atoms with van der Waals surface area (Å²) in [5.74, 6) is 0.114. The fraction of sp³-hybridized carbons (Fsp3) is 0.269. The van der Waals surface area contributed by atoms with Gasteiger partial charge in [0.05, 0.1) is 12.1 Å². The maximum Gasteiger partial charge on any atom is 0.249 e. The number of carbonyl (C=O) groups is 2. The molecule has 0 radical (unpaired) electrons. The summed E-state index contributed by atoms with van der Waals surface area (Å²) >= 11 is 1.61. The van der Waals surface area contributed by atoms with Crippen LogP contribution in [0, 0.1) is 0 Å². The molecule has 0 unspecified atom stereocenters. The summed E-state index contributed by atoms with van der Waals surface area (Å²) in [6, 6.07) is 19.3. The monoisotopic (exact) mass is 501 g/mol. The Morgan fingerprint density at radius 2 is 1.89 bits per heavy atom. The summed E-state index contributed by atoms with van der Waals surface area (Å²) in [6.07, 6.45) is 1.20. The largest absolute Gasteiger partial charge is 0.343 e. The van der Waals surface area contributed by atoms with Crippen molar-refractivity contribution < 1.29 is 9.59 Å². The lowest BCUT2D eigenvalue weighted by Crippen LogP contribution is -2.56. The zero-order valence-electron chi connectivity index (χ0n) is 20.1. The number of anilines is 1. The van der Waals surface area contributed by atoms with Gasteiger partial charge in [0.15, 0.2) is 5.82 Å². The number of aromatic amines is 1. The number of nitrogens with two attached hydrogens (primary N) is 1. The van der Waals surface area contributed by atoms with E-state index in [-0.39, 0.29) is 11.8 Å². The van der Waals surface area contributed by atoms with E-state index in [1.807, 2.05) is 60.7 Å². The number of benzene rings is 2. The quantitative estimate of drug-likeness (QED) is 0.372. The number of hydrogen-bond acceptors (Lipinski definition) is 7. The molecule has 5 rings (SSSR count). The van der Waals surface area contributed by atoms with Crippen LogP contribution >= 0.6 is 11.3 Å². The Labute approximate surface area is 212 Å². The highest BCUT2D eigenvalue weighted by atomic mass is 32.1. The number of hydrogen-bond donors (Lipinski definition) is 3. The van der Waals surface area contributed by atoms with Crippen molar-refractivity contribution >= 4 is 28.8 Å². The Kier molecular flexibility index (Phi) is 6.38. The third-order valence-electron chi connectivity index (χ3n) is 6.21. The molecule has 2 aromatic carbocycles. The van der Waals surface area contributed by atoms with Crippen molar-refractivity contribution in [1.29, 1.82) is 0 Å². The minimum atomic E-state index is -1.07. The van der Waals surface area contributed by atoms with Gasteiger partial charge >= 0.3 is 0 Å². The predicted octanol–water partition coefficient (Wildman–Crippen LogP) is 3.30. The van der Waals surface area contributed by atoms with Gasteiger partial charge in [-0.3, -0.25) is 9.59 Å². The van der Waals surface area contributed by atoms with Crippen molar-refractivity contribution in [2.24, 2.45) is 5.73 Å². The summed E-state index contributed by atoms with van der Waals surface area (Å²) in [4.78, 5) is 30.1. The minimum Gasteiger partial charge on any atom is -0.343 e. The molecule has 9 nitrogen and oxygen atoms in total. The van der Waals surface area contributed by atoms with E-state index in [2.05, 4.69) is 25.9 Å². The molecule has 0 fully saturated rings. The maximum atomic E-state index is 13.7. The van der Waals surface area contributed by atoms with Gasteiger partial charge in [0.2, 0.25) is 11.8 Å². The lowest BCUT2D eigenvalue weighted by molar-refractivity contribution is -0.130. The van der Waals surface area contributed by atoms with Crippen molar-refractivity contribution in [3.05, 3.63) is 71.1 Å². The Morgan fingerprint density at radius 1 is 1.14 bits per heavy atom. The molecule has 36 heavy (non-hydrogen) atoms. The van der Waals surface area contributed by atoms with Crippen molar-refractivity contribution in [1.82, 2.24) is 25.9 Å². The molecule has 1 atom stereocenters. The Morgan fingerprint density at radius 3 is 2.64 bits per heavy atom. The minimum absolute atomic E-state index is 0.138. The summed E-state index contributed by atoms with van der Waals surface area (Å²) in [6.45, 7) is 3.66. The summed E-state index contributed by atoms with van der Waals surface area (Å²) in [5, 5.41) is 17.2. The standard InChI is InChI=1S/C26H27N7O2S/c1-26(2,27)25(35)28-20-13-11-16-7-3-6-10-21(16)33(24(20)34)15-17-12-14-22(36-17)18-8-4-5-9-19(18)23-29-31-32-30-23/h3-10,12,14,20H,11,13,15,27H2,1-2H3,(H,28,35)(H,29,30,31,32)/t20-/m1/s1. The molecule has 2 amide bonds. The number of para-hydroxylation sites is 1. The van der Waals surface area contributed by atoms with Crippen LogP contribution in [0.2, 0.25) is 0 Å². The van der Waals surface area contributed by atoms with Crippen molar-refractivity contribution in [3.8, 4) is 21.8 Å². The number of nitrogens with zero attached hydrogens (tertiary/aromatic N) is 4. The number of amides is 2. The highest BCUT2D eigenvalue weighted by molar-refractivity contribution is 7.15. The fourth-order valence-electron chi connectivity index (χ4n) is 4.30. The number of nitrogens with one attached hydrogen (secondary N) is 2. The third-order valence-corrected chi connectivity index (χ3v) is 7.31. The van der Waals surface area contributed by atoms with Gasteiger partial charge in [0.1, 0.15) is 6.04 Å². The topological polar surface area (TPSA) is 130 Å². The zero-order chi connectivity index (χ0) is 25.3. The number of thiophene rings is 1. The average Bonchev–Trinajstić information content (AvgIpc) is 3.55. The van der Waals surface area contributed by atoms with Crippen molar-refractivity contribution in [2.45, 2.75) is 44.8 Å². The van der Waals surface area contributed by atoms with E-state index in [0.717, 1.165) is 32.1 Å². The molecule has 3 heterocycles. The SMILES string of the molecule is CC(C)(N)C(=O)N[C@@H]1CCc2ccccc2N(Cc2ccc(-c3ccccc3-c3nnn[nH]3)s2)C1=O. The van der Waals surface area contributed by atoms with E-state index in [1.54, 1.807) is 30.1 Å². The number of aromatic nitrogens is 4. The Hall–Kier alpha value is -3.89. The number of carbonyl (C=O) groups excluding carboxylic acids is 2. The van der Waals surface area contributed by atoms with Gasteiger partial charge in [-0.15, -0.1) is 16.4 Å². The molecule has 4 aromatic rings. The Bertz CT molecular complexity index is 1390. The Balaban J connectivity index is 1.45. The van der Waals surface area contributed by atoms with Crippen LogP contribution in [0.1, 0.15) is 30.7 Å². The molecule has 1 aliphatic heterocycles. The molecule has 2 aromatic heterocycles. The number of H-pyrrole nitrogens is 1. The van der Waals surface area contributed by atoms with Gasteiger partial charge in [0, 0.05) is 26.6 Å². The number of aryl methyl sites for hydroxylation is 1. The molecule has 4 N–H and O–H groups in total. The van der Waals surface area contributed by atoms with Crippen LogP contribution in [-0.4, -0.2) is 44.0 Å². The molecule has 0 spiro atoms. The van der Waals surface area contributed by atoms with Crippen molar-refractivity contribution in [2.75, 3.05) is 4.90 Å². The lowest BCUT2D eigenvalue weighted by atomic mass is 10.0. The summed E-state index contributed by atoms with van der Waals surface area (Å²) in [7, 11) is 0. The van der Waals surface area contributed by atoms with E-state index in [1.165, 1.54) is 0 Å². The predicted molar refractivity (Wildman–Crippen MR) is 139 cm³/mol. The molecular weight excluding hydrogens is 474 g/mol. The first-order valence-corrected chi connectivity index (χ1v) is 12.5. The molecule has 0 saturated carbocycles. The molecule has 0 aliphatic carbocycles. The number of tetrazole rings is 1. The third kappa shape index (κ3) is 4.77. The smallest absolute Gasteiger partial charge is 0.249 e. The van der Waals surface area contributed by atoms with E-state index in [4.69, 9.17) is 5.73 Å². The van der Waals surface area contributed by atoms with Crippen LogP contribution in [0.3, 0.4) is 0 Å². The highest BCUT2D eigenvalue weighted by Crippen LogP contribution is 2.36. The van der Waals surface area contributed by atoms with Crippen molar-refractivity contribution in [3.63, 3.8) is 0 Å². The van der Waals surface area contributed by atoms with Gasteiger partial charge in [-0.1, -0.05) is 42.5 Å². The maximum absolute atomic E-state index is 13.7. The fourth-order valence-corrected chi connectivity index (χ4v) is 5.33. The lowest BCUT2D eigenvalue weighted by Gasteiger charge is -2.27. The molecule has 0 saturated heterocycles. The van der Waals surface area contributed by atoms with Crippen LogP contribution in [0.4, 0.5) is 5.69 Å². The van der Waals surface area contributed by atoms with Crippen LogP contribution in [0.5, 0.6) is 0 Å². The summed E-state index contributed by atoms with van der Waals surface area (Å²) in [5.41, 5.74) is 8.76. The second-order valence-corrected chi connectivity index (χ2v) is 10.6. The van der Waals surface area contributed by atoms with E-state index < -0.39 is 11.6 Å². The van der Waals surface area contributed by atoms with Gasteiger partial charge in [-0.05, 0) is 60.9 Å². The van der Waals surface area contributed by atoms with Gasteiger partial charge in [0.25, 0.3) is 0 Å². The van der Waals surface area contributed by atoms with Gasteiger partial charge in [-0.25, -0.2) is 5.10 Å². The van der Waals surface area contributed by atoms with Crippen LogP contribution in [0.15, 0.2) is 60.7 Å². The van der Waals surface area contributed by atoms with E-state index in [9.17, 15) is 9.59 Å². The van der Waals surface area contributed by atoms with Gasteiger partial charge < -0.3 is 16.0 Å². The number of rotatable bonds is 6.